The Balaban J connectivity index is 1.98. The van der Waals surface area contributed by atoms with E-state index in [0.29, 0.717) is 6.54 Å². The van der Waals surface area contributed by atoms with Crippen molar-refractivity contribution in [3.63, 3.8) is 0 Å². The van der Waals surface area contributed by atoms with Crippen LogP contribution in [0.5, 0.6) is 0 Å². The third kappa shape index (κ3) is 4.87. The van der Waals surface area contributed by atoms with Gasteiger partial charge in [-0.05, 0) is 38.4 Å². The van der Waals surface area contributed by atoms with E-state index in [4.69, 9.17) is 0 Å². The predicted octanol–water partition coefficient (Wildman–Crippen LogP) is 3.07. The second kappa shape index (κ2) is 8.42. The smallest absolute Gasteiger partial charge is 0.244 e. The molecule has 1 aliphatic rings. The fourth-order valence-electron chi connectivity index (χ4n) is 2.70. The van der Waals surface area contributed by atoms with Gasteiger partial charge in [0, 0.05) is 12.6 Å². The van der Waals surface area contributed by atoms with Gasteiger partial charge in [0.15, 0.2) is 0 Å². The number of nitrogens with zero attached hydrogens (tertiary/aromatic N) is 1. The molecule has 1 heterocycles. The highest BCUT2D eigenvalue weighted by Crippen LogP contribution is 2.24. The zero-order valence-electron chi connectivity index (χ0n) is 12.7. The fraction of sp³-hybridized carbons (Fsp3) is 0.389. The van der Waals surface area contributed by atoms with E-state index in [9.17, 15) is 4.79 Å². The van der Waals surface area contributed by atoms with Crippen LogP contribution in [0.25, 0.3) is 0 Å². The van der Waals surface area contributed by atoms with Gasteiger partial charge in [0.2, 0.25) is 5.91 Å². The Morgan fingerprint density at radius 3 is 2.62 bits per heavy atom. The van der Waals surface area contributed by atoms with Crippen molar-refractivity contribution in [2.75, 3.05) is 19.6 Å². The van der Waals surface area contributed by atoms with Crippen molar-refractivity contribution in [3.05, 3.63) is 60.2 Å². The number of nitrogens with one attached hydrogen (secondary N) is 1. The topological polar surface area (TPSA) is 32.3 Å². The molecule has 21 heavy (non-hydrogen) atoms. The van der Waals surface area contributed by atoms with Crippen LogP contribution >= 0.6 is 0 Å². The lowest BCUT2D eigenvalue weighted by Crippen LogP contribution is -2.36. The summed E-state index contributed by atoms with van der Waals surface area (Å²) in [5, 5.41) is 3.02. The number of carbonyl (C=O) groups is 1. The van der Waals surface area contributed by atoms with E-state index in [1.165, 1.54) is 18.4 Å². The normalized spacial score (nSPS) is 17.6. The number of benzene rings is 1. The minimum Gasteiger partial charge on any atom is -0.351 e. The van der Waals surface area contributed by atoms with E-state index in [1.807, 2.05) is 25.1 Å². The van der Waals surface area contributed by atoms with Crippen LogP contribution in [0.2, 0.25) is 0 Å². The average molecular weight is 284 g/mol. The van der Waals surface area contributed by atoms with Gasteiger partial charge in [-0.2, -0.15) is 0 Å². The van der Waals surface area contributed by atoms with Gasteiger partial charge >= 0.3 is 0 Å². The molecular weight excluding hydrogens is 260 g/mol. The first-order chi connectivity index (χ1) is 10.3. The Morgan fingerprint density at radius 2 is 1.95 bits per heavy atom. The summed E-state index contributed by atoms with van der Waals surface area (Å²) < 4.78 is 0. The van der Waals surface area contributed by atoms with Gasteiger partial charge in [-0.1, -0.05) is 48.6 Å². The Morgan fingerprint density at radius 1 is 1.24 bits per heavy atom. The molecule has 2 rings (SSSR count). The number of amides is 1. The summed E-state index contributed by atoms with van der Waals surface area (Å²) in [6.45, 7) is 4.82. The standard InChI is InChI=1S/C18H24N2O/c1-2-3-5-12-18(21)19-15-17(20-13-8-9-14-20)16-10-6-4-7-11-16/h2-7,10-12,17H,8-9,13-15H2,1H3,(H,19,21)/b3-2+,12-5+. The molecule has 112 valence electrons. The molecule has 1 N–H and O–H groups in total. The van der Waals surface area contributed by atoms with Gasteiger partial charge in [0.1, 0.15) is 0 Å². The lowest BCUT2D eigenvalue weighted by molar-refractivity contribution is -0.116. The fourth-order valence-corrected chi connectivity index (χ4v) is 2.70. The lowest BCUT2D eigenvalue weighted by Gasteiger charge is -2.28. The highest BCUT2D eigenvalue weighted by atomic mass is 16.1. The summed E-state index contributed by atoms with van der Waals surface area (Å²) in [7, 11) is 0. The Labute approximate surface area is 127 Å². The maximum absolute atomic E-state index is 11.8. The van der Waals surface area contributed by atoms with Crippen LogP contribution in [-0.4, -0.2) is 30.4 Å². The molecule has 3 heteroatoms. The number of allylic oxidation sites excluding steroid dienone is 3. The van der Waals surface area contributed by atoms with Crippen LogP contribution in [-0.2, 0) is 4.79 Å². The molecule has 1 unspecified atom stereocenters. The minimum absolute atomic E-state index is 0.0340. The molecule has 0 aromatic heterocycles. The van der Waals surface area contributed by atoms with Crippen LogP contribution in [0.1, 0.15) is 31.4 Å². The van der Waals surface area contributed by atoms with Gasteiger partial charge < -0.3 is 5.32 Å². The highest BCUT2D eigenvalue weighted by molar-refractivity contribution is 5.87. The summed E-state index contributed by atoms with van der Waals surface area (Å²) in [4.78, 5) is 14.3. The van der Waals surface area contributed by atoms with Crippen LogP contribution in [0.4, 0.5) is 0 Å². The van der Waals surface area contributed by atoms with Gasteiger partial charge in [0.05, 0.1) is 6.04 Å². The van der Waals surface area contributed by atoms with E-state index in [2.05, 4.69) is 34.5 Å². The first-order valence-corrected chi connectivity index (χ1v) is 7.67. The van der Waals surface area contributed by atoms with Crippen molar-refractivity contribution in [2.24, 2.45) is 0 Å². The summed E-state index contributed by atoms with van der Waals surface area (Å²) in [6, 6.07) is 10.7. The van der Waals surface area contributed by atoms with E-state index >= 15 is 0 Å². The number of likely N-dealkylation sites (tertiary alicyclic amines) is 1. The minimum atomic E-state index is -0.0340. The van der Waals surface area contributed by atoms with E-state index in [0.717, 1.165) is 13.1 Å². The number of rotatable bonds is 6. The molecule has 1 fully saturated rings. The largest absolute Gasteiger partial charge is 0.351 e. The van der Waals surface area contributed by atoms with E-state index in [1.54, 1.807) is 12.2 Å². The Hall–Kier alpha value is -1.87. The molecular formula is C18H24N2O. The molecule has 3 nitrogen and oxygen atoms in total. The molecule has 0 bridgehead atoms. The van der Waals surface area contributed by atoms with Crippen molar-refractivity contribution in [1.29, 1.82) is 0 Å². The van der Waals surface area contributed by atoms with Crippen molar-refractivity contribution in [1.82, 2.24) is 10.2 Å². The number of carbonyl (C=O) groups excluding carboxylic acids is 1. The zero-order valence-corrected chi connectivity index (χ0v) is 12.7. The summed E-state index contributed by atoms with van der Waals surface area (Å²) >= 11 is 0. The molecule has 0 radical (unpaired) electrons. The monoisotopic (exact) mass is 284 g/mol. The quantitative estimate of drug-likeness (QED) is 0.643. The molecule has 0 aliphatic carbocycles. The van der Waals surface area contributed by atoms with E-state index < -0.39 is 0 Å². The van der Waals surface area contributed by atoms with E-state index in [-0.39, 0.29) is 11.9 Å². The van der Waals surface area contributed by atoms with Gasteiger partial charge in [-0.3, -0.25) is 9.69 Å². The van der Waals surface area contributed by atoms with Crippen LogP contribution < -0.4 is 5.32 Å². The number of hydrogen-bond acceptors (Lipinski definition) is 2. The summed E-state index contributed by atoms with van der Waals surface area (Å²) in [5.74, 6) is -0.0340. The third-order valence-electron chi connectivity index (χ3n) is 3.79. The number of hydrogen-bond donors (Lipinski definition) is 1. The van der Waals surface area contributed by atoms with Crippen molar-refractivity contribution >= 4 is 5.91 Å². The maximum atomic E-state index is 11.8. The average Bonchev–Trinajstić information content (AvgIpc) is 3.03. The molecule has 1 aromatic rings. The molecule has 1 aromatic carbocycles. The Bertz CT molecular complexity index is 487. The molecule has 1 amide bonds. The van der Waals surface area contributed by atoms with Crippen molar-refractivity contribution in [3.8, 4) is 0 Å². The molecule has 0 spiro atoms. The second-order valence-electron chi connectivity index (χ2n) is 5.30. The lowest BCUT2D eigenvalue weighted by atomic mass is 10.1. The maximum Gasteiger partial charge on any atom is 0.244 e. The van der Waals surface area contributed by atoms with Crippen LogP contribution in [0.15, 0.2) is 54.6 Å². The van der Waals surface area contributed by atoms with Crippen molar-refractivity contribution in [2.45, 2.75) is 25.8 Å². The van der Waals surface area contributed by atoms with Crippen LogP contribution in [0, 0.1) is 0 Å². The SMILES string of the molecule is C/C=C/C=C/C(=O)NCC(c1ccccc1)N1CCCC1. The summed E-state index contributed by atoms with van der Waals surface area (Å²) in [6.07, 6.45) is 9.60. The third-order valence-corrected chi connectivity index (χ3v) is 3.79. The molecule has 1 aliphatic heterocycles. The van der Waals surface area contributed by atoms with Crippen molar-refractivity contribution < 1.29 is 4.79 Å². The first-order valence-electron chi connectivity index (χ1n) is 7.67. The second-order valence-corrected chi connectivity index (χ2v) is 5.30. The van der Waals surface area contributed by atoms with Gasteiger partial charge in [-0.15, -0.1) is 0 Å². The molecule has 0 saturated carbocycles. The molecule has 1 atom stereocenters. The van der Waals surface area contributed by atoms with Gasteiger partial charge in [0.25, 0.3) is 0 Å². The Kier molecular flexibility index (Phi) is 6.22. The molecule has 1 saturated heterocycles. The summed E-state index contributed by atoms with van der Waals surface area (Å²) in [5.41, 5.74) is 1.28. The zero-order chi connectivity index (χ0) is 14.9. The van der Waals surface area contributed by atoms with Gasteiger partial charge in [-0.25, -0.2) is 0 Å². The van der Waals surface area contributed by atoms with Crippen LogP contribution in [0.3, 0.4) is 0 Å². The highest BCUT2D eigenvalue weighted by Gasteiger charge is 2.23. The first kappa shape index (κ1) is 15.5. The predicted molar refractivity (Wildman–Crippen MR) is 87.0 cm³/mol.